The number of nitrogens with zero attached hydrogens (tertiary/aromatic N) is 3. The number of carbonyl (C=O) groups excluding carboxylic acids is 1. The second kappa shape index (κ2) is 6.20. The monoisotopic (exact) mass is 351 g/mol. The van der Waals surface area contributed by atoms with E-state index < -0.39 is 17.8 Å². The number of carbonyl (C=O) groups is 1. The SMILES string of the molecule is Cc1c(C(=O)N2CCc3ccccc3C2)c(C(F)(F)F)nn1C(C)C. The molecule has 0 atom stereocenters. The van der Waals surface area contributed by atoms with Gasteiger partial charge in [-0.15, -0.1) is 0 Å². The lowest BCUT2D eigenvalue weighted by Crippen LogP contribution is -2.37. The minimum Gasteiger partial charge on any atom is -0.334 e. The van der Waals surface area contributed by atoms with Crippen LogP contribution in [0.4, 0.5) is 13.2 Å². The second-order valence-corrected chi connectivity index (χ2v) is 6.59. The van der Waals surface area contributed by atoms with Crippen molar-refractivity contribution in [3.63, 3.8) is 0 Å². The normalized spacial score (nSPS) is 14.8. The molecular weight excluding hydrogens is 331 g/mol. The molecule has 0 bridgehead atoms. The van der Waals surface area contributed by atoms with E-state index in [1.165, 1.54) is 16.5 Å². The molecule has 2 aromatic rings. The van der Waals surface area contributed by atoms with Crippen molar-refractivity contribution in [2.75, 3.05) is 6.54 Å². The van der Waals surface area contributed by atoms with E-state index in [4.69, 9.17) is 0 Å². The van der Waals surface area contributed by atoms with Gasteiger partial charge in [-0.3, -0.25) is 9.48 Å². The molecule has 25 heavy (non-hydrogen) atoms. The van der Waals surface area contributed by atoms with Crippen LogP contribution in [0.1, 0.15) is 52.8 Å². The average molecular weight is 351 g/mol. The number of halogens is 3. The lowest BCUT2D eigenvalue weighted by atomic mass is 9.99. The van der Waals surface area contributed by atoms with Gasteiger partial charge in [0, 0.05) is 24.8 Å². The van der Waals surface area contributed by atoms with Gasteiger partial charge in [0.1, 0.15) is 0 Å². The fraction of sp³-hybridized carbons (Fsp3) is 0.444. The fourth-order valence-corrected chi connectivity index (χ4v) is 3.30. The van der Waals surface area contributed by atoms with Crippen LogP contribution >= 0.6 is 0 Å². The maximum atomic E-state index is 13.4. The summed E-state index contributed by atoms with van der Waals surface area (Å²) >= 11 is 0. The first-order valence-corrected chi connectivity index (χ1v) is 8.22. The number of alkyl halides is 3. The first kappa shape index (κ1) is 17.5. The lowest BCUT2D eigenvalue weighted by molar-refractivity contribution is -0.142. The fourth-order valence-electron chi connectivity index (χ4n) is 3.30. The first-order valence-electron chi connectivity index (χ1n) is 8.22. The van der Waals surface area contributed by atoms with Crippen LogP contribution in [-0.4, -0.2) is 27.1 Å². The summed E-state index contributed by atoms with van der Waals surface area (Å²) in [5.41, 5.74) is 0.941. The van der Waals surface area contributed by atoms with Crippen molar-refractivity contribution in [1.29, 1.82) is 0 Å². The zero-order valence-electron chi connectivity index (χ0n) is 14.4. The summed E-state index contributed by atoms with van der Waals surface area (Å²) in [6, 6.07) is 7.43. The predicted octanol–water partition coefficient (Wildman–Crippen LogP) is 3.99. The van der Waals surface area contributed by atoms with E-state index in [1.807, 2.05) is 24.3 Å². The summed E-state index contributed by atoms with van der Waals surface area (Å²) in [6.07, 6.45) is -4.02. The van der Waals surface area contributed by atoms with Gasteiger partial charge in [0.2, 0.25) is 0 Å². The van der Waals surface area contributed by atoms with E-state index in [1.54, 1.807) is 13.8 Å². The maximum Gasteiger partial charge on any atom is 0.435 e. The van der Waals surface area contributed by atoms with Crippen LogP contribution in [0.3, 0.4) is 0 Å². The highest BCUT2D eigenvalue weighted by Crippen LogP contribution is 2.34. The molecule has 0 N–H and O–H groups in total. The Labute approximate surface area is 144 Å². The molecule has 0 unspecified atom stereocenters. The zero-order chi connectivity index (χ0) is 18.4. The van der Waals surface area contributed by atoms with Gasteiger partial charge in [0.05, 0.1) is 5.56 Å². The number of amides is 1. The van der Waals surface area contributed by atoms with Gasteiger partial charge in [-0.1, -0.05) is 24.3 Å². The van der Waals surface area contributed by atoms with Crippen molar-refractivity contribution in [1.82, 2.24) is 14.7 Å². The largest absolute Gasteiger partial charge is 0.435 e. The molecule has 0 spiro atoms. The van der Waals surface area contributed by atoms with Crippen LogP contribution in [0.5, 0.6) is 0 Å². The van der Waals surface area contributed by atoms with Crippen molar-refractivity contribution in [2.45, 2.75) is 46.0 Å². The van der Waals surface area contributed by atoms with E-state index in [9.17, 15) is 18.0 Å². The summed E-state index contributed by atoms with van der Waals surface area (Å²) in [5.74, 6) is -0.605. The molecule has 1 amide bonds. The smallest absolute Gasteiger partial charge is 0.334 e. The van der Waals surface area contributed by atoms with E-state index in [-0.39, 0.29) is 17.3 Å². The highest BCUT2D eigenvalue weighted by Gasteiger charge is 2.42. The Morgan fingerprint density at radius 2 is 1.84 bits per heavy atom. The van der Waals surface area contributed by atoms with Crippen LogP contribution < -0.4 is 0 Å². The highest BCUT2D eigenvalue weighted by molar-refractivity contribution is 5.96. The maximum absolute atomic E-state index is 13.4. The third-order valence-corrected chi connectivity index (χ3v) is 4.54. The topological polar surface area (TPSA) is 38.1 Å². The summed E-state index contributed by atoms with van der Waals surface area (Å²) in [7, 11) is 0. The third kappa shape index (κ3) is 3.15. The quantitative estimate of drug-likeness (QED) is 0.821. The standard InChI is InChI=1S/C18H20F3N3O/c1-11(2)24-12(3)15(16(22-24)18(19,20)21)17(25)23-9-8-13-6-4-5-7-14(13)10-23/h4-7,11H,8-10H2,1-3H3. The van der Waals surface area contributed by atoms with Crippen LogP contribution in [0, 0.1) is 6.92 Å². The van der Waals surface area contributed by atoms with Gasteiger partial charge in [0.15, 0.2) is 5.69 Å². The Hall–Kier alpha value is -2.31. The average Bonchev–Trinajstić information content (AvgIpc) is 2.91. The Balaban J connectivity index is 2.00. The van der Waals surface area contributed by atoms with Crippen molar-refractivity contribution in [3.05, 3.63) is 52.3 Å². The van der Waals surface area contributed by atoms with Gasteiger partial charge < -0.3 is 4.90 Å². The van der Waals surface area contributed by atoms with Crippen LogP contribution in [0.2, 0.25) is 0 Å². The number of hydrogen-bond donors (Lipinski definition) is 0. The molecule has 134 valence electrons. The molecule has 0 aliphatic carbocycles. The van der Waals surface area contributed by atoms with Crippen molar-refractivity contribution in [3.8, 4) is 0 Å². The molecular formula is C18H20F3N3O. The molecule has 1 aromatic carbocycles. The van der Waals surface area contributed by atoms with E-state index >= 15 is 0 Å². The second-order valence-electron chi connectivity index (χ2n) is 6.59. The molecule has 7 heteroatoms. The lowest BCUT2D eigenvalue weighted by Gasteiger charge is -2.29. The molecule has 3 rings (SSSR count). The summed E-state index contributed by atoms with van der Waals surface area (Å²) in [4.78, 5) is 14.4. The van der Waals surface area contributed by atoms with Crippen molar-refractivity contribution < 1.29 is 18.0 Å². The molecule has 2 heterocycles. The highest BCUT2D eigenvalue weighted by atomic mass is 19.4. The molecule has 0 radical (unpaired) electrons. The van der Waals surface area contributed by atoms with Gasteiger partial charge in [-0.05, 0) is 38.3 Å². The van der Waals surface area contributed by atoms with Gasteiger partial charge in [0.25, 0.3) is 5.91 Å². The minimum atomic E-state index is -4.66. The first-order chi connectivity index (χ1) is 11.7. The van der Waals surface area contributed by atoms with Crippen molar-refractivity contribution >= 4 is 5.91 Å². The number of aromatic nitrogens is 2. The summed E-state index contributed by atoms with van der Waals surface area (Å²) in [6.45, 7) is 5.72. The predicted molar refractivity (Wildman–Crippen MR) is 87.2 cm³/mol. The molecule has 1 aliphatic rings. The Kier molecular flexibility index (Phi) is 4.34. The van der Waals surface area contributed by atoms with Crippen molar-refractivity contribution in [2.24, 2.45) is 0 Å². The number of rotatable bonds is 2. The molecule has 0 fully saturated rings. The Bertz CT molecular complexity index is 808. The van der Waals surface area contributed by atoms with E-state index in [0.29, 0.717) is 19.5 Å². The summed E-state index contributed by atoms with van der Waals surface area (Å²) < 4.78 is 41.5. The Morgan fingerprint density at radius 1 is 1.20 bits per heavy atom. The van der Waals surface area contributed by atoms with Gasteiger partial charge in [-0.25, -0.2) is 0 Å². The molecule has 0 saturated carbocycles. The molecule has 1 aliphatic heterocycles. The summed E-state index contributed by atoms with van der Waals surface area (Å²) in [5, 5.41) is 3.68. The minimum absolute atomic E-state index is 0.256. The number of hydrogen-bond acceptors (Lipinski definition) is 2. The molecule has 4 nitrogen and oxygen atoms in total. The molecule has 1 aromatic heterocycles. The van der Waals surface area contributed by atoms with E-state index in [2.05, 4.69) is 5.10 Å². The third-order valence-electron chi connectivity index (χ3n) is 4.54. The van der Waals surface area contributed by atoms with Crippen LogP contribution in [-0.2, 0) is 19.1 Å². The zero-order valence-corrected chi connectivity index (χ0v) is 14.4. The number of benzene rings is 1. The van der Waals surface area contributed by atoms with Gasteiger partial charge in [-0.2, -0.15) is 18.3 Å². The van der Waals surface area contributed by atoms with Gasteiger partial charge >= 0.3 is 6.18 Å². The van der Waals surface area contributed by atoms with E-state index in [0.717, 1.165) is 11.1 Å². The number of fused-ring (bicyclic) bond motifs is 1. The van der Waals surface area contributed by atoms with Crippen LogP contribution in [0.15, 0.2) is 24.3 Å². The van der Waals surface area contributed by atoms with Crippen LogP contribution in [0.25, 0.3) is 0 Å². The Morgan fingerprint density at radius 3 is 2.44 bits per heavy atom. The molecule has 0 saturated heterocycles.